The Morgan fingerprint density at radius 2 is 1.97 bits per heavy atom. The highest BCUT2D eigenvalue weighted by Crippen LogP contribution is 2.76. The lowest BCUT2D eigenvalue weighted by Gasteiger charge is -2.73. The summed E-state index contributed by atoms with van der Waals surface area (Å²) in [7, 11) is 4.17. The first-order chi connectivity index (χ1) is 16.1. The maximum atomic E-state index is 10.8. The Kier molecular flexibility index (Phi) is 4.15. The molecule has 4 aliphatic carbocycles. The second kappa shape index (κ2) is 6.74. The van der Waals surface area contributed by atoms with Crippen molar-refractivity contribution in [3.8, 4) is 11.5 Å². The van der Waals surface area contributed by atoms with E-state index in [0.717, 1.165) is 44.4 Å². The van der Waals surface area contributed by atoms with Gasteiger partial charge in [0.25, 0.3) is 0 Å². The summed E-state index contributed by atoms with van der Waals surface area (Å²) in [5, 5.41) is 10.8. The number of likely N-dealkylation sites (N-methyl/N-ethyl adjacent to an activating group) is 1. The van der Waals surface area contributed by atoms with E-state index in [1.165, 1.54) is 16.7 Å². The number of phenols is 1. The molecule has 4 bridgehead atoms. The number of hydrogen-bond acceptors (Lipinski definition) is 5. The molecule has 33 heavy (non-hydrogen) atoms. The number of phenolic OH excluding ortho intramolecular Hbond substituents is 1. The van der Waals surface area contributed by atoms with Crippen molar-refractivity contribution in [2.75, 3.05) is 27.3 Å². The molecular formula is C28H33NO4. The molecule has 0 aromatic heterocycles. The molecule has 1 N–H and O–H groups in total. The van der Waals surface area contributed by atoms with Crippen LogP contribution >= 0.6 is 0 Å². The fourth-order valence-corrected chi connectivity index (χ4v) is 8.92. The molecule has 0 amide bonds. The summed E-state index contributed by atoms with van der Waals surface area (Å²) in [6.07, 6.45) is 5.27. The highest BCUT2D eigenvalue weighted by Gasteiger charge is 2.80. The summed E-state index contributed by atoms with van der Waals surface area (Å²) in [4.78, 5) is 2.60. The predicted octanol–water partition coefficient (Wildman–Crippen LogP) is 4.05. The topological polar surface area (TPSA) is 51.2 Å². The quantitative estimate of drug-likeness (QED) is 0.749. The molecular weight excluding hydrogens is 414 g/mol. The molecule has 8 rings (SSSR count). The van der Waals surface area contributed by atoms with Crippen LogP contribution in [0.1, 0.15) is 42.4 Å². The fourth-order valence-electron chi connectivity index (χ4n) is 8.92. The lowest BCUT2D eigenvalue weighted by Crippen LogP contribution is -2.81. The van der Waals surface area contributed by atoms with Crippen molar-refractivity contribution in [2.45, 2.75) is 61.9 Å². The molecule has 2 aromatic rings. The Labute approximate surface area is 195 Å². The summed E-state index contributed by atoms with van der Waals surface area (Å²) in [5.41, 5.74) is 3.55. The minimum Gasteiger partial charge on any atom is -0.504 e. The summed E-state index contributed by atoms with van der Waals surface area (Å²) in [6.45, 7) is 2.36. The SMILES string of the molecule is CO[C@]12CC[C@@]3(C[C@H]1COCc1ccccc1)[C@H]1Cc4ccc(O)c5c4[C@@]3(CCN1C)[C@H]2O5. The number of nitrogens with zero attached hydrogens (tertiary/aromatic N) is 1. The van der Waals surface area contributed by atoms with E-state index in [1.54, 1.807) is 0 Å². The molecule has 5 nitrogen and oxygen atoms in total. The van der Waals surface area contributed by atoms with Gasteiger partial charge in [0.05, 0.1) is 13.2 Å². The van der Waals surface area contributed by atoms with E-state index in [0.29, 0.717) is 19.3 Å². The zero-order chi connectivity index (χ0) is 22.4. The fraction of sp³-hybridized carbons (Fsp3) is 0.571. The maximum Gasteiger partial charge on any atom is 0.165 e. The molecule has 5 heteroatoms. The second-order valence-corrected chi connectivity index (χ2v) is 11.1. The number of rotatable bonds is 5. The number of ether oxygens (including phenoxy) is 3. The van der Waals surface area contributed by atoms with Crippen LogP contribution in [0.3, 0.4) is 0 Å². The molecule has 2 aliphatic heterocycles. The van der Waals surface area contributed by atoms with Crippen LogP contribution in [-0.2, 0) is 27.9 Å². The summed E-state index contributed by atoms with van der Waals surface area (Å²) >= 11 is 0. The number of hydrogen-bond donors (Lipinski definition) is 1. The van der Waals surface area contributed by atoms with Crippen molar-refractivity contribution in [3.63, 3.8) is 0 Å². The van der Waals surface area contributed by atoms with Crippen LogP contribution in [0, 0.1) is 11.3 Å². The maximum absolute atomic E-state index is 10.8. The molecule has 174 valence electrons. The average molecular weight is 448 g/mol. The van der Waals surface area contributed by atoms with Gasteiger partial charge in [-0.3, -0.25) is 0 Å². The van der Waals surface area contributed by atoms with Gasteiger partial charge >= 0.3 is 0 Å². The second-order valence-electron chi connectivity index (χ2n) is 11.1. The van der Waals surface area contributed by atoms with Gasteiger partial charge < -0.3 is 24.2 Å². The van der Waals surface area contributed by atoms with Crippen molar-refractivity contribution in [1.82, 2.24) is 4.90 Å². The predicted molar refractivity (Wildman–Crippen MR) is 125 cm³/mol. The van der Waals surface area contributed by atoms with Gasteiger partial charge in [-0.25, -0.2) is 0 Å². The molecule has 0 radical (unpaired) electrons. The van der Waals surface area contributed by atoms with E-state index in [-0.39, 0.29) is 34.2 Å². The summed E-state index contributed by atoms with van der Waals surface area (Å²) < 4.78 is 19.6. The Bertz CT molecular complexity index is 1100. The first-order valence-corrected chi connectivity index (χ1v) is 12.4. The van der Waals surface area contributed by atoms with E-state index >= 15 is 0 Å². The Morgan fingerprint density at radius 3 is 2.79 bits per heavy atom. The van der Waals surface area contributed by atoms with E-state index in [4.69, 9.17) is 14.2 Å². The highest BCUT2D eigenvalue weighted by atomic mass is 16.6. The van der Waals surface area contributed by atoms with Crippen molar-refractivity contribution in [2.24, 2.45) is 11.3 Å². The third-order valence-electron chi connectivity index (χ3n) is 10.2. The number of aromatic hydroxyl groups is 1. The number of piperidine rings is 1. The average Bonchev–Trinajstić information content (AvgIpc) is 3.21. The molecule has 6 aliphatic rings. The standard InChI is InChI=1S/C28H33NO4/c1-29-13-12-27-23-19-8-9-21(30)24(23)33-25(27)28(31-2)11-10-26(27,22(29)14-19)15-20(28)17-32-16-18-6-4-3-5-7-18/h3-9,20,22,25,30H,10-17H2,1-2H3/t20-,22+,25+,26+,27-,28+/m0/s1. The molecule has 4 fully saturated rings. The van der Waals surface area contributed by atoms with Crippen LogP contribution in [0.4, 0.5) is 0 Å². The van der Waals surface area contributed by atoms with Gasteiger partial charge in [-0.05, 0) is 62.9 Å². The number of likely N-dealkylation sites (tertiary alicyclic amines) is 1. The molecule has 1 saturated heterocycles. The Balaban J connectivity index is 1.32. The monoisotopic (exact) mass is 447 g/mol. The molecule has 2 heterocycles. The van der Waals surface area contributed by atoms with Crippen LogP contribution in [0.15, 0.2) is 42.5 Å². The number of benzene rings is 2. The van der Waals surface area contributed by atoms with Gasteiger partial charge in [0, 0.05) is 35.5 Å². The van der Waals surface area contributed by atoms with Gasteiger partial charge in [-0.1, -0.05) is 36.4 Å². The molecule has 3 saturated carbocycles. The van der Waals surface area contributed by atoms with Gasteiger partial charge in [0.2, 0.25) is 0 Å². The third kappa shape index (κ3) is 2.29. The molecule has 2 spiro atoms. The zero-order valence-corrected chi connectivity index (χ0v) is 19.5. The van der Waals surface area contributed by atoms with Crippen LogP contribution in [0.2, 0.25) is 0 Å². The van der Waals surface area contributed by atoms with E-state index in [2.05, 4.69) is 42.3 Å². The van der Waals surface area contributed by atoms with Crippen molar-refractivity contribution in [3.05, 3.63) is 59.2 Å². The van der Waals surface area contributed by atoms with Crippen molar-refractivity contribution < 1.29 is 19.3 Å². The zero-order valence-electron chi connectivity index (χ0n) is 19.5. The third-order valence-corrected chi connectivity index (χ3v) is 10.2. The van der Waals surface area contributed by atoms with Crippen LogP contribution in [-0.4, -0.2) is 55.1 Å². The van der Waals surface area contributed by atoms with Gasteiger partial charge in [0.1, 0.15) is 11.7 Å². The lowest BCUT2D eigenvalue weighted by atomic mass is 9.35. The van der Waals surface area contributed by atoms with Crippen LogP contribution < -0.4 is 4.74 Å². The van der Waals surface area contributed by atoms with Gasteiger partial charge in [-0.15, -0.1) is 0 Å². The van der Waals surface area contributed by atoms with E-state index in [1.807, 2.05) is 19.2 Å². The van der Waals surface area contributed by atoms with Gasteiger partial charge in [0.15, 0.2) is 11.5 Å². The lowest BCUT2D eigenvalue weighted by molar-refractivity contribution is -0.282. The summed E-state index contributed by atoms with van der Waals surface area (Å²) in [6, 6.07) is 14.9. The van der Waals surface area contributed by atoms with Crippen molar-refractivity contribution in [1.29, 1.82) is 0 Å². The molecule has 6 atom stereocenters. The minimum atomic E-state index is -0.390. The Hall–Kier alpha value is -2.08. The van der Waals surface area contributed by atoms with Crippen LogP contribution in [0.25, 0.3) is 0 Å². The summed E-state index contributed by atoms with van der Waals surface area (Å²) in [5.74, 6) is 1.29. The number of fused-ring (bicyclic) bond motifs is 2. The largest absolute Gasteiger partial charge is 0.504 e. The van der Waals surface area contributed by atoms with E-state index in [9.17, 15) is 5.11 Å². The molecule has 0 unspecified atom stereocenters. The van der Waals surface area contributed by atoms with Crippen molar-refractivity contribution >= 4 is 0 Å². The minimum absolute atomic E-state index is 0.0682. The number of methoxy groups -OCH3 is 1. The first kappa shape index (κ1) is 20.3. The highest BCUT2D eigenvalue weighted by molar-refractivity contribution is 5.63. The van der Waals surface area contributed by atoms with Gasteiger partial charge in [-0.2, -0.15) is 0 Å². The van der Waals surface area contributed by atoms with Crippen LogP contribution in [0.5, 0.6) is 11.5 Å². The first-order valence-electron chi connectivity index (χ1n) is 12.4. The Morgan fingerprint density at radius 1 is 1.12 bits per heavy atom. The van der Waals surface area contributed by atoms with E-state index < -0.39 is 0 Å². The smallest absolute Gasteiger partial charge is 0.165 e. The normalized spacial score (nSPS) is 39.9. The molecule has 2 aromatic carbocycles.